The Kier molecular flexibility index (Phi) is 5.23. The maximum atomic E-state index is 13.6. The van der Waals surface area contributed by atoms with Crippen LogP contribution in [0.25, 0.3) is 27.2 Å². The van der Waals surface area contributed by atoms with Crippen molar-refractivity contribution in [3.63, 3.8) is 0 Å². The third-order valence-electron chi connectivity index (χ3n) is 6.28. The van der Waals surface area contributed by atoms with Crippen molar-refractivity contribution in [2.24, 2.45) is 0 Å². The second kappa shape index (κ2) is 8.54. The van der Waals surface area contributed by atoms with Crippen LogP contribution in [0, 0.1) is 6.92 Å². The van der Waals surface area contributed by atoms with E-state index in [1.807, 2.05) is 41.4 Å². The van der Waals surface area contributed by atoms with Gasteiger partial charge in [0.1, 0.15) is 0 Å². The standard InChI is InChI=1S/C28H24N4OS/c1-19-5-6-21-17-22(27(30-25(21)16-19)26-4-2-15-34-26)18-31(23-11-12-23)28(33)20-7-9-24(10-8-20)32-14-3-13-29-32/h2-10,13-17,23H,11-12,18H2,1H3. The predicted octanol–water partition coefficient (Wildman–Crippen LogP) is 6.26. The Hall–Kier alpha value is -3.77. The minimum Gasteiger partial charge on any atom is -0.331 e. The number of hydrogen-bond donors (Lipinski definition) is 0. The van der Waals surface area contributed by atoms with Crippen molar-refractivity contribution >= 4 is 28.1 Å². The van der Waals surface area contributed by atoms with E-state index in [0.29, 0.717) is 12.1 Å². The summed E-state index contributed by atoms with van der Waals surface area (Å²) in [6.45, 7) is 2.64. The first-order valence-electron chi connectivity index (χ1n) is 11.5. The van der Waals surface area contributed by atoms with E-state index < -0.39 is 0 Å². The SMILES string of the molecule is Cc1ccc2cc(CN(C(=O)c3ccc(-n4cccn4)cc3)C3CC3)c(-c3cccs3)nc2c1. The van der Waals surface area contributed by atoms with E-state index in [2.05, 4.69) is 53.8 Å². The molecule has 0 saturated heterocycles. The monoisotopic (exact) mass is 464 g/mol. The second-order valence-corrected chi connectivity index (χ2v) is 9.78. The number of hydrogen-bond acceptors (Lipinski definition) is 4. The number of aromatic nitrogens is 3. The lowest BCUT2D eigenvalue weighted by atomic mass is 10.1. The molecule has 6 rings (SSSR count). The Bertz CT molecular complexity index is 1450. The van der Waals surface area contributed by atoms with E-state index in [-0.39, 0.29) is 11.9 Å². The van der Waals surface area contributed by atoms with Crippen LogP contribution in [0.15, 0.2) is 84.5 Å². The Labute approximate surface area is 202 Å². The highest BCUT2D eigenvalue weighted by Crippen LogP contribution is 2.34. The lowest BCUT2D eigenvalue weighted by Gasteiger charge is -2.24. The molecular formula is C28H24N4OS. The van der Waals surface area contributed by atoms with Crippen molar-refractivity contribution < 1.29 is 4.79 Å². The predicted molar refractivity (Wildman–Crippen MR) is 136 cm³/mol. The van der Waals surface area contributed by atoms with Gasteiger partial charge in [-0.15, -0.1) is 11.3 Å². The molecule has 168 valence electrons. The molecule has 0 unspecified atom stereocenters. The van der Waals surface area contributed by atoms with Crippen molar-refractivity contribution in [1.29, 1.82) is 0 Å². The summed E-state index contributed by atoms with van der Waals surface area (Å²) in [5, 5.41) is 7.45. The van der Waals surface area contributed by atoms with Gasteiger partial charge in [0.15, 0.2) is 0 Å². The van der Waals surface area contributed by atoms with Crippen LogP contribution >= 0.6 is 11.3 Å². The summed E-state index contributed by atoms with van der Waals surface area (Å²) in [5.41, 5.74) is 5.88. The van der Waals surface area contributed by atoms with Crippen molar-refractivity contribution in [1.82, 2.24) is 19.7 Å². The topological polar surface area (TPSA) is 51.0 Å². The van der Waals surface area contributed by atoms with Gasteiger partial charge in [-0.05, 0) is 84.8 Å². The minimum absolute atomic E-state index is 0.0654. The molecule has 0 radical (unpaired) electrons. The molecule has 0 aliphatic heterocycles. The fourth-order valence-corrected chi connectivity index (χ4v) is 5.10. The summed E-state index contributed by atoms with van der Waals surface area (Å²) < 4.78 is 1.79. The Morgan fingerprint density at radius 1 is 1.09 bits per heavy atom. The molecule has 1 amide bonds. The maximum absolute atomic E-state index is 13.6. The summed E-state index contributed by atoms with van der Waals surface area (Å²) in [4.78, 5) is 21.8. The molecule has 2 aromatic carbocycles. The zero-order valence-electron chi connectivity index (χ0n) is 18.9. The van der Waals surface area contributed by atoms with Crippen LogP contribution in [0.2, 0.25) is 0 Å². The lowest BCUT2D eigenvalue weighted by Crippen LogP contribution is -2.32. The van der Waals surface area contributed by atoms with Crippen LogP contribution in [0.5, 0.6) is 0 Å². The third-order valence-corrected chi connectivity index (χ3v) is 7.16. The van der Waals surface area contributed by atoms with Crippen LogP contribution in [0.1, 0.15) is 34.3 Å². The summed E-state index contributed by atoms with van der Waals surface area (Å²) in [6.07, 6.45) is 5.74. The number of nitrogens with zero attached hydrogens (tertiary/aromatic N) is 4. The Balaban J connectivity index is 1.35. The first kappa shape index (κ1) is 20.8. The number of rotatable bonds is 6. The fourth-order valence-electron chi connectivity index (χ4n) is 4.35. The van der Waals surface area contributed by atoms with Gasteiger partial charge < -0.3 is 4.90 Å². The number of carbonyl (C=O) groups is 1. The van der Waals surface area contributed by atoms with Gasteiger partial charge in [-0.25, -0.2) is 9.67 Å². The number of thiophene rings is 1. The van der Waals surface area contributed by atoms with Crippen molar-refractivity contribution in [2.75, 3.05) is 0 Å². The van der Waals surface area contributed by atoms with Crippen LogP contribution in [-0.4, -0.2) is 31.6 Å². The van der Waals surface area contributed by atoms with Gasteiger partial charge in [0.25, 0.3) is 5.91 Å². The van der Waals surface area contributed by atoms with Crippen molar-refractivity contribution in [3.05, 3.63) is 101 Å². The number of fused-ring (bicyclic) bond motifs is 1. The van der Waals surface area contributed by atoms with Gasteiger partial charge in [-0.3, -0.25) is 4.79 Å². The highest BCUT2D eigenvalue weighted by atomic mass is 32.1. The molecule has 34 heavy (non-hydrogen) atoms. The van der Waals surface area contributed by atoms with E-state index in [1.54, 1.807) is 22.2 Å². The molecule has 5 nitrogen and oxygen atoms in total. The van der Waals surface area contributed by atoms with Gasteiger partial charge in [0, 0.05) is 35.9 Å². The zero-order chi connectivity index (χ0) is 23.1. The average molecular weight is 465 g/mol. The molecule has 5 aromatic rings. The first-order chi connectivity index (χ1) is 16.7. The van der Waals surface area contributed by atoms with Gasteiger partial charge in [0.05, 0.1) is 21.8 Å². The quantitative estimate of drug-likeness (QED) is 0.298. The fraction of sp³-hybridized carbons (Fsp3) is 0.179. The normalized spacial score (nSPS) is 13.3. The van der Waals surface area contributed by atoms with Crippen LogP contribution in [0.4, 0.5) is 0 Å². The van der Waals surface area contributed by atoms with E-state index >= 15 is 0 Å². The number of benzene rings is 2. The number of aryl methyl sites for hydroxylation is 1. The summed E-state index contributed by atoms with van der Waals surface area (Å²) in [7, 11) is 0. The smallest absolute Gasteiger partial charge is 0.254 e. The third kappa shape index (κ3) is 4.01. The van der Waals surface area contributed by atoms with Crippen LogP contribution in [-0.2, 0) is 6.54 Å². The van der Waals surface area contributed by atoms with Gasteiger partial charge in [0.2, 0.25) is 0 Å². The molecular weight excluding hydrogens is 440 g/mol. The summed E-state index contributed by atoms with van der Waals surface area (Å²) in [6, 6.07) is 22.6. The molecule has 3 aromatic heterocycles. The van der Waals surface area contributed by atoms with Crippen LogP contribution < -0.4 is 0 Å². The number of carbonyl (C=O) groups excluding carboxylic acids is 1. The molecule has 1 aliphatic rings. The maximum Gasteiger partial charge on any atom is 0.254 e. The lowest BCUT2D eigenvalue weighted by molar-refractivity contribution is 0.0730. The minimum atomic E-state index is 0.0654. The summed E-state index contributed by atoms with van der Waals surface area (Å²) in [5.74, 6) is 0.0654. The molecule has 0 spiro atoms. The van der Waals surface area contributed by atoms with Crippen molar-refractivity contribution in [2.45, 2.75) is 32.4 Å². The molecule has 1 saturated carbocycles. The van der Waals surface area contributed by atoms with E-state index in [9.17, 15) is 4.79 Å². The largest absolute Gasteiger partial charge is 0.331 e. The highest BCUT2D eigenvalue weighted by Gasteiger charge is 2.34. The molecule has 3 heterocycles. The number of pyridine rings is 1. The van der Waals surface area contributed by atoms with Gasteiger partial charge in [-0.1, -0.05) is 18.2 Å². The highest BCUT2D eigenvalue weighted by molar-refractivity contribution is 7.13. The Morgan fingerprint density at radius 3 is 2.65 bits per heavy atom. The van der Waals surface area contributed by atoms with Crippen molar-refractivity contribution in [3.8, 4) is 16.3 Å². The van der Waals surface area contributed by atoms with Gasteiger partial charge in [-0.2, -0.15) is 5.10 Å². The zero-order valence-corrected chi connectivity index (χ0v) is 19.7. The molecule has 0 atom stereocenters. The van der Waals surface area contributed by atoms with Crippen LogP contribution in [0.3, 0.4) is 0 Å². The van der Waals surface area contributed by atoms with E-state index in [1.165, 1.54) is 5.56 Å². The molecule has 1 fully saturated rings. The summed E-state index contributed by atoms with van der Waals surface area (Å²) >= 11 is 1.68. The second-order valence-electron chi connectivity index (χ2n) is 8.83. The van der Waals surface area contributed by atoms with E-state index in [4.69, 9.17) is 4.98 Å². The molecule has 1 aliphatic carbocycles. The molecule has 6 heteroatoms. The molecule has 0 N–H and O–H groups in total. The average Bonchev–Trinajstić information content (AvgIpc) is 3.31. The van der Waals surface area contributed by atoms with E-state index in [0.717, 1.165) is 45.6 Å². The molecule has 0 bridgehead atoms. The van der Waals surface area contributed by atoms with Gasteiger partial charge >= 0.3 is 0 Å². The number of amides is 1. The Morgan fingerprint density at radius 2 is 1.94 bits per heavy atom. The first-order valence-corrected chi connectivity index (χ1v) is 12.4.